The van der Waals surface area contributed by atoms with Gasteiger partial charge in [-0.15, -0.1) is 0 Å². The summed E-state index contributed by atoms with van der Waals surface area (Å²) in [5.74, 6) is -0.344. The van der Waals surface area contributed by atoms with Gasteiger partial charge in [-0.05, 0) is 37.3 Å². The first-order valence-corrected chi connectivity index (χ1v) is 9.02. The van der Waals surface area contributed by atoms with Crippen molar-refractivity contribution in [1.29, 1.82) is 0 Å². The Morgan fingerprint density at radius 2 is 1.93 bits per heavy atom. The van der Waals surface area contributed by atoms with Crippen molar-refractivity contribution in [2.24, 2.45) is 5.73 Å². The van der Waals surface area contributed by atoms with E-state index in [4.69, 9.17) is 26.8 Å². The van der Waals surface area contributed by atoms with Crippen molar-refractivity contribution in [3.05, 3.63) is 53.2 Å². The minimum absolute atomic E-state index is 0.0141. The summed E-state index contributed by atoms with van der Waals surface area (Å²) >= 11 is 6.03. The molecule has 2 amide bonds. The zero-order valence-corrected chi connectivity index (χ0v) is 16.2. The number of para-hydroxylation sites is 1. The quantitative estimate of drug-likeness (QED) is 0.518. The van der Waals surface area contributed by atoms with E-state index in [0.717, 1.165) is 0 Å². The first kappa shape index (κ1) is 20.2. The largest absolute Gasteiger partial charge is 0.490 e. The molecule has 29 heavy (non-hydrogen) atoms. The van der Waals surface area contributed by atoms with Gasteiger partial charge in [-0.2, -0.15) is 15.4 Å². The van der Waals surface area contributed by atoms with Gasteiger partial charge >= 0.3 is 0 Å². The molecule has 9 nitrogen and oxygen atoms in total. The van der Waals surface area contributed by atoms with Crippen molar-refractivity contribution in [1.82, 2.24) is 15.4 Å². The molecule has 0 unspecified atom stereocenters. The van der Waals surface area contributed by atoms with Crippen LogP contribution < -0.4 is 20.5 Å². The van der Waals surface area contributed by atoms with E-state index in [9.17, 15) is 9.59 Å². The molecular formula is C19H18ClN5O4. The maximum absolute atomic E-state index is 12.2. The summed E-state index contributed by atoms with van der Waals surface area (Å²) in [7, 11) is 0. The number of amides is 2. The molecule has 0 aliphatic rings. The van der Waals surface area contributed by atoms with E-state index in [1.807, 2.05) is 6.92 Å². The number of H-pyrrole nitrogens is 1. The van der Waals surface area contributed by atoms with Crippen molar-refractivity contribution in [2.45, 2.75) is 6.92 Å². The lowest BCUT2D eigenvalue weighted by Gasteiger charge is -2.13. The number of nitrogens with one attached hydrogen (secondary N) is 2. The number of carbonyl (C=O) groups is 2. The van der Waals surface area contributed by atoms with Gasteiger partial charge < -0.3 is 20.5 Å². The van der Waals surface area contributed by atoms with Crippen molar-refractivity contribution >= 4 is 29.1 Å². The lowest BCUT2D eigenvalue weighted by atomic mass is 10.1. The molecule has 0 aliphatic carbocycles. The van der Waals surface area contributed by atoms with Crippen molar-refractivity contribution in [2.75, 3.05) is 18.5 Å². The van der Waals surface area contributed by atoms with Gasteiger partial charge in [-0.1, -0.05) is 23.7 Å². The lowest BCUT2D eigenvalue weighted by molar-refractivity contribution is -0.118. The number of nitrogens with two attached hydrogens (primary N) is 1. The van der Waals surface area contributed by atoms with Gasteiger partial charge in [0.05, 0.1) is 17.3 Å². The Kier molecular flexibility index (Phi) is 6.30. The molecular weight excluding hydrogens is 398 g/mol. The van der Waals surface area contributed by atoms with Crippen LogP contribution in [0.2, 0.25) is 5.02 Å². The molecule has 1 heterocycles. The number of benzene rings is 2. The molecule has 0 fully saturated rings. The van der Waals surface area contributed by atoms with Gasteiger partial charge in [0.25, 0.3) is 11.8 Å². The molecule has 0 atom stereocenters. The molecule has 0 bridgehead atoms. The standard InChI is InChI=1S/C19H18ClN5O4/c1-2-28-15-9-11(17-18(19(21)27)24-25-23-17)7-8-14(15)29-10-16(26)22-13-6-4-3-5-12(13)20/h3-9H,2,10H2,1H3,(H2,21,27)(H,22,26)(H,23,24,25). The van der Waals surface area contributed by atoms with E-state index in [-0.39, 0.29) is 18.2 Å². The number of aromatic amines is 1. The number of hydrogen-bond acceptors (Lipinski definition) is 6. The summed E-state index contributed by atoms with van der Waals surface area (Å²) in [6.45, 7) is 1.93. The Labute approximate surface area is 171 Å². The Morgan fingerprint density at radius 1 is 1.14 bits per heavy atom. The molecule has 0 spiro atoms. The predicted octanol–water partition coefficient (Wildman–Crippen LogP) is 2.64. The summed E-state index contributed by atoms with van der Waals surface area (Å²) in [6.07, 6.45) is 0. The molecule has 0 radical (unpaired) electrons. The molecule has 0 saturated heterocycles. The van der Waals surface area contributed by atoms with Gasteiger partial charge in [0.2, 0.25) is 0 Å². The second kappa shape index (κ2) is 9.07. The zero-order valence-electron chi connectivity index (χ0n) is 15.4. The number of carbonyl (C=O) groups excluding carboxylic acids is 2. The lowest BCUT2D eigenvalue weighted by Crippen LogP contribution is -2.20. The number of halogens is 1. The van der Waals surface area contributed by atoms with E-state index >= 15 is 0 Å². The van der Waals surface area contributed by atoms with Gasteiger partial charge in [0.15, 0.2) is 23.8 Å². The normalized spacial score (nSPS) is 10.4. The molecule has 1 aromatic heterocycles. The van der Waals surface area contributed by atoms with Crippen LogP contribution in [0.4, 0.5) is 5.69 Å². The predicted molar refractivity (Wildman–Crippen MR) is 107 cm³/mol. The molecule has 0 saturated carbocycles. The van der Waals surface area contributed by atoms with Gasteiger partial charge in [-0.25, -0.2) is 0 Å². The third kappa shape index (κ3) is 4.82. The number of primary amides is 1. The van der Waals surface area contributed by atoms with Crippen LogP contribution in [0.5, 0.6) is 11.5 Å². The van der Waals surface area contributed by atoms with E-state index < -0.39 is 5.91 Å². The van der Waals surface area contributed by atoms with E-state index in [1.165, 1.54) is 0 Å². The van der Waals surface area contributed by atoms with Crippen LogP contribution in [0.1, 0.15) is 17.4 Å². The van der Waals surface area contributed by atoms with Crippen LogP contribution in [0.25, 0.3) is 11.3 Å². The number of aromatic nitrogens is 3. The highest BCUT2D eigenvalue weighted by atomic mass is 35.5. The molecule has 150 valence electrons. The Bertz CT molecular complexity index is 1040. The van der Waals surface area contributed by atoms with Crippen molar-refractivity contribution in [3.63, 3.8) is 0 Å². The van der Waals surface area contributed by atoms with Crippen LogP contribution in [0.15, 0.2) is 42.5 Å². The molecule has 4 N–H and O–H groups in total. The second-order valence-corrected chi connectivity index (χ2v) is 6.20. The highest BCUT2D eigenvalue weighted by molar-refractivity contribution is 6.33. The van der Waals surface area contributed by atoms with Gasteiger partial charge in [0, 0.05) is 5.56 Å². The number of anilines is 1. The second-order valence-electron chi connectivity index (χ2n) is 5.80. The smallest absolute Gasteiger partial charge is 0.271 e. The summed E-state index contributed by atoms with van der Waals surface area (Å²) in [5.41, 5.74) is 6.67. The van der Waals surface area contributed by atoms with Gasteiger partial charge in [-0.3, -0.25) is 9.59 Å². The van der Waals surface area contributed by atoms with Crippen LogP contribution in [0.3, 0.4) is 0 Å². The summed E-state index contributed by atoms with van der Waals surface area (Å²) in [6, 6.07) is 11.8. The van der Waals surface area contributed by atoms with Crippen LogP contribution in [0, 0.1) is 0 Å². The monoisotopic (exact) mass is 415 g/mol. The van der Waals surface area contributed by atoms with Crippen LogP contribution >= 0.6 is 11.6 Å². The number of hydrogen-bond donors (Lipinski definition) is 3. The Hall–Kier alpha value is -3.59. The number of nitrogens with zero attached hydrogens (tertiary/aromatic N) is 2. The molecule has 3 rings (SSSR count). The third-order valence-electron chi connectivity index (χ3n) is 3.81. The van der Waals surface area contributed by atoms with E-state index in [2.05, 4.69) is 20.7 Å². The molecule has 3 aromatic rings. The fourth-order valence-electron chi connectivity index (χ4n) is 2.54. The average Bonchev–Trinajstić information content (AvgIpc) is 3.19. The first-order valence-electron chi connectivity index (χ1n) is 8.64. The molecule has 10 heteroatoms. The number of rotatable bonds is 8. The minimum Gasteiger partial charge on any atom is -0.490 e. The first-order chi connectivity index (χ1) is 14.0. The van der Waals surface area contributed by atoms with Crippen molar-refractivity contribution in [3.8, 4) is 22.8 Å². The van der Waals surface area contributed by atoms with Crippen molar-refractivity contribution < 1.29 is 19.1 Å². The fraction of sp³-hybridized carbons (Fsp3) is 0.158. The van der Waals surface area contributed by atoms with Crippen LogP contribution in [-0.4, -0.2) is 40.4 Å². The Balaban J connectivity index is 1.75. The average molecular weight is 416 g/mol. The third-order valence-corrected chi connectivity index (χ3v) is 4.13. The Morgan fingerprint density at radius 3 is 2.66 bits per heavy atom. The maximum atomic E-state index is 12.2. The fourth-order valence-corrected chi connectivity index (χ4v) is 2.72. The van der Waals surface area contributed by atoms with Gasteiger partial charge in [0.1, 0.15) is 5.69 Å². The molecule has 2 aromatic carbocycles. The van der Waals surface area contributed by atoms with E-state index in [1.54, 1.807) is 42.5 Å². The maximum Gasteiger partial charge on any atom is 0.271 e. The SMILES string of the molecule is CCOc1cc(-c2n[nH]nc2C(N)=O)ccc1OCC(=O)Nc1ccccc1Cl. The van der Waals surface area contributed by atoms with E-state index in [0.29, 0.717) is 40.1 Å². The highest BCUT2D eigenvalue weighted by Crippen LogP contribution is 2.33. The topological polar surface area (TPSA) is 132 Å². The summed E-state index contributed by atoms with van der Waals surface area (Å²) < 4.78 is 11.2. The minimum atomic E-state index is -0.705. The summed E-state index contributed by atoms with van der Waals surface area (Å²) in [5, 5.41) is 13.2. The molecule has 0 aliphatic heterocycles. The highest BCUT2D eigenvalue weighted by Gasteiger charge is 2.18. The zero-order chi connectivity index (χ0) is 20.8. The summed E-state index contributed by atoms with van der Waals surface area (Å²) in [4.78, 5) is 23.6. The van der Waals surface area contributed by atoms with Crippen LogP contribution in [-0.2, 0) is 4.79 Å². The number of ether oxygens (including phenoxy) is 2.